The third-order valence-electron chi connectivity index (χ3n) is 7.36. The molecule has 2 aliphatic rings. The summed E-state index contributed by atoms with van der Waals surface area (Å²) in [4.78, 5) is 33.7. The van der Waals surface area contributed by atoms with Crippen LogP contribution in [0, 0.1) is 5.92 Å². The van der Waals surface area contributed by atoms with Crippen molar-refractivity contribution >= 4 is 17.4 Å². The number of carboxylic acid groups (broad SMARTS) is 1. The van der Waals surface area contributed by atoms with Gasteiger partial charge >= 0.3 is 5.97 Å². The summed E-state index contributed by atoms with van der Waals surface area (Å²) in [5, 5.41) is 19.5. The van der Waals surface area contributed by atoms with Crippen molar-refractivity contribution in [2.45, 2.75) is 58.2 Å². The van der Waals surface area contributed by atoms with Crippen molar-refractivity contribution in [1.82, 2.24) is 14.8 Å². The van der Waals surface area contributed by atoms with Crippen LogP contribution in [0.15, 0.2) is 42.6 Å². The van der Waals surface area contributed by atoms with E-state index >= 15 is 0 Å². The first-order valence-electron chi connectivity index (χ1n) is 13.1. The number of amides is 1. The number of likely N-dealkylation sites (N-methyl/N-ethyl adjacent to an activating group) is 1. The number of benzene rings is 1. The zero-order valence-corrected chi connectivity index (χ0v) is 21.9. The highest BCUT2D eigenvalue weighted by atomic mass is 16.5. The Morgan fingerprint density at radius 2 is 2.08 bits per heavy atom. The van der Waals surface area contributed by atoms with Gasteiger partial charge in [-0.3, -0.25) is 9.69 Å². The summed E-state index contributed by atoms with van der Waals surface area (Å²) in [6.45, 7) is 5.12. The highest BCUT2D eigenvalue weighted by Crippen LogP contribution is 2.32. The van der Waals surface area contributed by atoms with E-state index in [1.807, 2.05) is 44.0 Å². The van der Waals surface area contributed by atoms with Crippen LogP contribution in [0.4, 0.5) is 0 Å². The van der Waals surface area contributed by atoms with E-state index in [1.54, 1.807) is 23.2 Å². The Balaban J connectivity index is 1.63. The normalized spacial score (nSPS) is 20.9. The molecule has 8 nitrogen and oxygen atoms in total. The summed E-state index contributed by atoms with van der Waals surface area (Å²) in [6.07, 6.45) is 8.02. The fourth-order valence-corrected chi connectivity index (χ4v) is 5.13. The highest BCUT2D eigenvalue weighted by molar-refractivity contribution is 5.97. The molecule has 4 rings (SSSR count). The number of hydrogen-bond donors (Lipinski definition) is 2. The van der Waals surface area contributed by atoms with Crippen LogP contribution in [0.1, 0.15) is 71.4 Å². The number of aliphatic hydroxyl groups is 1. The second kappa shape index (κ2) is 11.9. The number of rotatable bonds is 8. The number of pyridine rings is 1. The molecular weight excluding hydrogens is 470 g/mol. The quantitative estimate of drug-likeness (QED) is 0.555. The number of carbonyl (C=O) groups excluding carboxylic acids is 1. The number of carbonyl (C=O) groups is 2. The van der Waals surface area contributed by atoms with Crippen LogP contribution < -0.4 is 4.74 Å². The molecule has 0 saturated carbocycles. The lowest BCUT2D eigenvalue weighted by molar-refractivity contribution is 0.0325. The van der Waals surface area contributed by atoms with Gasteiger partial charge in [-0.05, 0) is 68.5 Å². The number of carboxylic acids is 1. The number of ether oxygens (including phenoxy) is 1. The van der Waals surface area contributed by atoms with Crippen LogP contribution >= 0.6 is 0 Å². The van der Waals surface area contributed by atoms with Gasteiger partial charge in [0.15, 0.2) is 0 Å². The molecule has 0 fully saturated rings. The Labute approximate surface area is 218 Å². The Morgan fingerprint density at radius 3 is 2.78 bits per heavy atom. The van der Waals surface area contributed by atoms with Gasteiger partial charge in [0.05, 0.1) is 18.2 Å². The molecule has 37 heavy (non-hydrogen) atoms. The van der Waals surface area contributed by atoms with Gasteiger partial charge in [0.2, 0.25) is 5.88 Å². The lowest BCUT2D eigenvalue weighted by Gasteiger charge is -2.38. The van der Waals surface area contributed by atoms with Crippen molar-refractivity contribution in [3.63, 3.8) is 0 Å². The van der Waals surface area contributed by atoms with Gasteiger partial charge in [-0.2, -0.15) is 0 Å². The standard InChI is InChI=1S/C29H37N3O5/c1-19-15-32(20(2)18-33)28(34)25-13-23(21-9-5-4-6-10-21)14-30-27(25)37-26(19)17-31(3)16-22-11-7-8-12-24(22)29(35)36/h7-9,11-14,19-20,26,33H,4-6,10,15-18H2,1-3H3,(H,35,36)/t19-,20+,26+/m1/s1. The first-order valence-corrected chi connectivity index (χ1v) is 13.1. The summed E-state index contributed by atoms with van der Waals surface area (Å²) in [7, 11) is 1.93. The molecule has 198 valence electrons. The van der Waals surface area contributed by atoms with Gasteiger partial charge in [0.1, 0.15) is 11.7 Å². The zero-order valence-electron chi connectivity index (χ0n) is 21.9. The Kier molecular flexibility index (Phi) is 8.61. The SMILES string of the molecule is C[C@@H]1CN([C@@H](C)CO)C(=O)c2cc(C3=CCCCC3)cnc2O[C@H]1CN(C)Cc1ccccc1C(=O)O. The van der Waals surface area contributed by atoms with Crippen LogP contribution in [0.25, 0.3) is 5.57 Å². The largest absolute Gasteiger partial charge is 0.478 e. The topological polar surface area (TPSA) is 103 Å². The maximum absolute atomic E-state index is 13.7. The van der Waals surface area contributed by atoms with Crippen molar-refractivity contribution < 1.29 is 24.5 Å². The number of fused-ring (bicyclic) bond motifs is 1. The average molecular weight is 508 g/mol. The zero-order chi connectivity index (χ0) is 26.5. The molecule has 2 N–H and O–H groups in total. The number of aromatic nitrogens is 1. The third kappa shape index (κ3) is 6.19. The van der Waals surface area contributed by atoms with E-state index in [4.69, 9.17) is 4.74 Å². The van der Waals surface area contributed by atoms with Crippen molar-refractivity contribution in [2.75, 3.05) is 26.7 Å². The van der Waals surface area contributed by atoms with Gasteiger partial charge in [0, 0.05) is 31.7 Å². The minimum Gasteiger partial charge on any atom is -0.478 e. The minimum atomic E-state index is -0.950. The summed E-state index contributed by atoms with van der Waals surface area (Å²) in [6, 6.07) is 8.53. The third-order valence-corrected chi connectivity index (χ3v) is 7.36. The highest BCUT2D eigenvalue weighted by Gasteiger charge is 2.34. The predicted octanol–water partition coefficient (Wildman–Crippen LogP) is 4.09. The molecule has 8 heteroatoms. The lowest BCUT2D eigenvalue weighted by atomic mass is 9.93. The molecule has 1 aliphatic carbocycles. The lowest BCUT2D eigenvalue weighted by Crippen LogP contribution is -2.50. The van der Waals surface area contributed by atoms with Crippen LogP contribution in [0.3, 0.4) is 0 Å². The van der Waals surface area contributed by atoms with Crippen LogP contribution in [-0.4, -0.2) is 75.8 Å². The monoisotopic (exact) mass is 507 g/mol. The summed E-state index contributed by atoms with van der Waals surface area (Å²) < 4.78 is 6.41. The van der Waals surface area contributed by atoms with Gasteiger partial charge in [-0.15, -0.1) is 0 Å². The first kappa shape index (κ1) is 26.8. The smallest absolute Gasteiger partial charge is 0.336 e. The summed E-state index contributed by atoms with van der Waals surface area (Å²) in [5.41, 5.74) is 3.58. The Bertz CT molecular complexity index is 1160. The molecular formula is C29H37N3O5. The van der Waals surface area contributed by atoms with E-state index in [-0.39, 0.29) is 36.1 Å². The van der Waals surface area contributed by atoms with Gasteiger partial charge in [-0.1, -0.05) is 31.2 Å². The van der Waals surface area contributed by atoms with Crippen LogP contribution in [-0.2, 0) is 6.54 Å². The average Bonchev–Trinajstić information content (AvgIpc) is 2.90. The molecule has 0 saturated heterocycles. The molecule has 3 atom stereocenters. The number of nitrogens with zero attached hydrogens (tertiary/aromatic N) is 3. The minimum absolute atomic E-state index is 0.0502. The van der Waals surface area contributed by atoms with E-state index < -0.39 is 5.97 Å². The van der Waals surface area contributed by atoms with Gasteiger partial charge < -0.3 is 19.8 Å². The molecule has 1 amide bonds. The van der Waals surface area contributed by atoms with E-state index in [0.29, 0.717) is 31.1 Å². The maximum atomic E-state index is 13.7. The molecule has 1 aromatic carbocycles. The Hall–Kier alpha value is -3.23. The van der Waals surface area contributed by atoms with Crippen molar-refractivity contribution in [3.8, 4) is 5.88 Å². The van der Waals surface area contributed by atoms with E-state index in [9.17, 15) is 19.8 Å². The molecule has 1 aliphatic heterocycles. The van der Waals surface area contributed by atoms with E-state index in [1.165, 1.54) is 12.0 Å². The first-order chi connectivity index (χ1) is 17.8. The summed E-state index contributed by atoms with van der Waals surface area (Å²) in [5.74, 6) is -0.882. The fourth-order valence-electron chi connectivity index (χ4n) is 5.13. The van der Waals surface area contributed by atoms with Crippen molar-refractivity contribution in [2.24, 2.45) is 5.92 Å². The molecule has 0 bridgehead atoms. The Morgan fingerprint density at radius 1 is 1.30 bits per heavy atom. The number of aromatic carboxylic acids is 1. The van der Waals surface area contributed by atoms with Crippen LogP contribution in [0.2, 0.25) is 0 Å². The molecule has 0 radical (unpaired) electrons. The van der Waals surface area contributed by atoms with Crippen molar-refractivity contribution in [1.29, 1.82) is 0 Å². The molecule has 0 unspecified atom stereocenters. The molecule has 2 aromatic rings. The second-order valence-corrected chi connectivity index (χ2v) is 10.3. The van der Waals surface area contributed by atoms with Crippen molar-refractivity contribution in [3.05, 3.63) is 64.9 Å². The summed E-state index contributed by atoms with van der Waals surface area (Å²) >= 11 is 0. The second-order valence-electron chi connectivity index (χ2n) is 10.3. The van der Waals surface area contributed by atoms with E-state index in [2.05, 4.69) is 11.1 Å². The number of allylic oxidation sites excluding steroid dienone is 2. The van der Waals surface area contributed by atoms with Gasteiger partial charge in [-0.25, -0.2) is 9.78 Å². The fraction of sp³-hybridized carbons (Fsp3) is 0.483. The van der Waals surface area contributed by atoms with Gasteiger partial charge in [0.25, 0.3) is 5.91 Å². The number of hydrogen-bond acceptors (Lipinski definition) is 6. The number of aliphatic hydroxyl groups excluding tert-OH is 1. The van der Waals surface area contributed by atoms with E-state index in [0.717, 1.165) is 30.4 Å². The molecule has 1 aromatic heterocycles. The maximum Gasteiger partial charge on any atom is 0.336 e. The molecule has 0 spiro atoms. The molecule has 2 heterocycles. The predicted molar refractivity (Wildman–Crippen MR) is 142 cm³/mol. The van der Waals surface area contributed by atoms with Crippen LogP contribution in [0.5, 0.6) is 5.88 Å².